The van der Waals surface area contributed by atoms with E-state index in [-0.39, 0.29) is 26.4 Å². The molecule has 162 valence electrons. The Hall–Kier alpha value is -3.57. The van der Waals surface area contributed by atoms with Gasteiger partial charge < -0.3 is 9.84 Å². The quantitative estimate of drug-likeness (QED) is 0.447. The topological polar surface area (TPSA) is 101 Å². The third-order valence-corrected chi connectivity index (χ3v) is 5.90. The largest absolute Gasteiger partial charge is 0.480 e. The van der Waals surface area contributed by atoms with E-state index >= 15 is 0 Å². The van der Waals surface area contributed by atoms with Gasteiger partial charge in [-0.05, 0) is 48.9 Å². The molecule has 1 saturated heterocycles. The number of halogens is 1. The standard InChI is InChI=1S/C21H14FN3O5S2/c1-11-3-2-8-24-17(11)23-18(30-13-6-4-12(22)5-7-13)14(19(24)28)9-15-20(29)25(10-16(26)27)21(31)32-15/h2-9H,10H2,1H3,(H,26,27). The summed E-state index contributed by atoms with van der Waals surface area (Å²) >= 11 is 5.98. The van der Waals surface area contributed by atoms with Crippen LogP contribution < -0.4 is 10.3 Å². The summed E-state index contributed by atoms with van der Waals surface area (Å²) in [6.07, 6.45) is 2.82. The lowest BCUT2D eigenvalue weighted by atomic mass is 10.2. The number of amides is 1. The van der Waals surface area contributed by atoms with E-state index in [1.54, 1.807) is 19.1 Å². The van der Waals surface area contributed by atoms with Gasteiger partial charge >= 0.3 is 5.97 Å². The van der Waals surface area contributed by atoms with E-state index in [0.29, 0.717) is 11.2 Å². The molecule has 0 saturated carbocycles. The molecule has 1 amide bonds. The molecule has 0 bridgehead atoms. The number of pyridine rings is 1. The number of nitrogens with zero attached hydrogens (tertiary/aromatic N) is 3. The van der Waals surface area contributed by atoms with Gasteiger partial charge in [0.15, 0.2) is 0 Å². The SMILES string of the molecule is Cc1cccn2c(=O)c(C=C3SC(=S)N(CC(=O)O)C3=O)c(Oc3ccc(F)cc3)nc12. The number of carboxylic acid groups (broad SMARTS) is 1. The number of aliphatic carboxylic acids is 1. The summed E-state index contributed by atoms with van der Waals surface area (Å²) in [7, 11) is 0. The molecule has 0 aliphatic carbocycles. The fraction of sp³-hybridized carbons (Fsp3) is 0.0952. The van der Waals surface area contributed by atoms with E-state index in [1.807, 2.05) is 0 Å². The first-order valence-corrected chi connectivity index (χ1v) is 10.4. The molecule has 0 unspecified atom stereocenters. The molecule has 3 heterocycles. The molecule has 32 heavy (non-hydrogen) atoms. The Bertz CT molecular complexity index is 1370. The van der Waals surface area contributed by atoms with Gasteiger partial charge in [-0.3, -0.25) is 23.7 Å². The minimum absolute atomic E-state index is 0.0340. The zero-order valence-electron chi connectivity index (χ0n) is 16.4. The summed E-state index contributed by atoms with van der Waals surface area (Å²) in [6, 6.07) is 8.62. The number of hydrogen-bond donors (Lipinski definition) is 1. The van der Waals surface area contributed by atoms with Gasteiger partial charge in [0, 0.05) is 6.20 Å². The van der Waals surface area contributed by atoms with Crippen LogP contribution >= 0.6 is 24.0 Å². The van der Waals surface area contributed by atoms with Crippen molar-refractivity contribution in [2.45, 2.75) is 6.92 Å². The number of carbonyl (C=O) groups is 2. The molecule has 0 atom stereocenters. The molecule has 1 N–H and O–H groups in total. The Morgan fingerprint density at radius 3 is 2.69 bits per heavy atom. The first-order valence-electron chi connectivity index (χ1n) is 9.17. The highest BCUT2D eigenvalue weighted by atomic mass is 32.2. The second-order valence-electron chi connectivity index (χ2n) is 6.74. The highest BCUT2D eigenvalue weighted by molar-refractivity contribution is 8.26. The Morgan fingerprint density at radius 1 is 1.28 bits per heavy atom. The summed E-state index contributed by atoms with van der Waals surface area (Å²) in [5.74, 6) is -2.15. The van der Waals surface area contributed by atoms with Gasteiger partial charge in [0.05, 0.1) is 4.91 Å². The van der Waals surface area contributed by atoms with E-state index in [4.69, 9.17) is 22.1 Å². The number of ether oxygens (including phenoxy) is 1. The van der Waals surface area contributed by atoms with Gasteiger partial charge in [0.1, 0.15) is 33.6 Å². The van der Waals surface area contributed by atoms with Crippen molar-refractivity contribution in [3.05, 3.63) is 74.8 Å². The summed E-state index contributed by atoms with van der Waals surface area (Å²) in [4.78, 5) is 42.4. The summed E-state index contributed by atoms with van der Waals surface area (Å²) in [5.41, 5.74) is 0.533. The Balaban J connectivity index is 1.86. The van der Waals surface area contributed by atoms with E-state index < -0.39 is 29.8 Å². The molecule has 1 fully saturated rings. The van der Waals surface area contributed by atoms with Gasteiger partial charge in [-0.1, -0.05) is 30.0 Å². The number of benzene rings is 1. The van der Waals surface area contributed by atoms with Crippen molar-refractivity contribution in [3.63, 3.8) is 0 Å². The molecule has 3 aromatic rings. The summed E-state index contributed by atoms with van der Waals surface area (Å²) in [6.45, 7) is 1.19. The number of carbonyl (C=O) groups excluding carboxylic acids is 1. The lowest BCUT2D eigenvalue weighted by Crippen LogP contribution is -2.33. The van der Waals surface area contributed by atoms with Crippen molar-refractivity contribution in [2.75, 3.05) is 6.54 Å². The maximum Gasteiger partial charge on any atom is 0.323 e. The van der Waals surface area contributed by atoms with Crippen LogP contribution in [-0.2, 0) is 9.59 Å². The number of hydrogen-bond acceptors (Lipinski definition) is 7. The predicted octanol–water partition coefficient (Wildman–Crippen LogP) is 3.22. The number of thioether (sulfide) groups is 1. The molecule has 11 heteroatoms. The van der Waals surface area contributed by atoms with Crippen LogP contribution in [0.3, 0.4) is 0 Å². The monoisotopic (exact) mass is 471 g/mol. The molecular formula is C21H14FN3O5S2. The minimum Gasteiger partial charge on any atom is -0.480 e. The summed E-state index contributed by atoms with van der Waals surface area (Å²) < 4.78 is 20.4. The second-order valence-corrected chi connectivity index (χ2v) is 8.41. The molecule has 1 aliphatic rings. The van der Waals surface area contributed by atoms with Crippen molar-refractivity contribution in [1.82, 2.24) is 14.3 Å². The Labute approximate surface area is 189 Å². The number of rotatable bonds is 5. The fourth-order valence-electron chi connectivity index (χ4n) is 3.01. The van der Waals surface area contributed by atoms with E-state index in [1.165, 1.54) is 40.9 Å². The van der Waals surface area contributed by atoms with Crippen molar-refractivity contribution in [3.8, 4) is 11.6 Å². The van der Waals surface area contributed by atoms with Gasteiger partial charge in [-0.2, -0.15) is 4.98 Å². The summed E-state index contributed by atoms with van der Waals surface area (Å²) in [5, 5.41) is 9.01. The molecule has 4 rings (SSSR count). The number of fused-ring (bicyclic) bond motifs is 1. The zero-order chi connectivity index (χ0) is 23.0. The highest BCUT2D eigenvalue weighted by Crippen LogP contribution is 2.34. The Morgan fingerprint density at radius 2 is 2.00 bits per heavy atom. The van der Waals surface area contributed by atoms with E-state index in [0.717, 1.165) is 16.7 Å². The molecule has 1 aromatic carbocycles. The lowest BCUT2D eigenvalue weighted by Gasteiger charge is -2.12. The normalized spacial score (nSPS) is 15.1. The van der Waals surface area contributed by atoms with Crippen LogP contribution in [0.4, 0.5) is 4.39 Å². The van der Waals surface area contributed by atoms with Crippen LogP contribution in [0.1, 0.15) is 11.1 Å². The molecule has 2 aromatic heterocycles. The number of carboxylic acids is 1. The molecule has 0 radical (unpaired) electrons. The Kier molecular flexibility index (Phi) is 5.76. The highest BCUT2D eigenvalue weighted by Gasteiger charge is 2.34. The van der Waals surface area contributed by atoms with Crippen LogP contribution in [0.2, 0.25) is 0 Å². The van der Waals surface area contributed by atoms with Crippen molar-refractivity contribution in [2.24, 2.45) is 0 Å². The van der Waals surface area contributed by atoms with Crippen LogP contribution in [0.15, 0.2) is 52.3 Å². The van der Waals surface area contributed by atoms with E-state index in [9.17, 15) is 18.8 Å². The van der Waals surface area contributed by atoms with Gasteiger partial charge in [-0.25, -0.2) is 4.39 Å². The third kappa shape index (κ3) is 4.12. The maximum absolute atomic E-state index is 13.3. The predicted molar refractivity (Wildman–Crippen MR) is 120 cm³/mol. The second kappa shape index (κ2) is 8.52. The van der Waals surface area contributed by atoms with E-state index in [2.05, 4.69) is 4.98 Å². The van der Waals surface area contributed by atoms with Gasteiger partial charge in [0.2, 0.25) is 5.88 Å². The van der Waals surface area contributed by atoms with Crippen LogP contribution in [0.25, 0.3) is 11.7 Å². The van der Waals surface area contributed by atoms with Gasteiger partial charge in [0.25, 0.3) is 11.5 Å². The fourth-order valence-corrected chi connectivity index (χ4v) is 4.25. The molecule has 0 spiro atoms. The molecular weight excluding hydrogens is 457 g/mol. The maximum atomic E-state index is 13.3. The molecule has 1 aliphatic heterocycles. The van der Waals surface area contributed by atoms with Crippen LogP contribution in [0, 0.1) is 12.7 Å². The zero-order valence-corrected chi connectivity index (χ0v) is 18.1. The number of aryl methyl sites for hydroxylation is 1. The first kappa shape index (κ1) is 21.7. The number of thiocarbonyl (C=S) groups is 1. The van der Waals surface area contributed by atoms with Crippen molar-refractivity contribution in [1.29, 1.82) is 0 Å². The van der Waals surface area contributed by atoms with Crippen molar-refractivity contribution < 1.29 is 23.8 Å². The average molecular weight is 471 g/mol. The lowest BCUT2D eigenvalue weighted by molar-refractivity contribution is -0.140. The van der Waals surface area contributed by atoms with Gasteiger partial charge in [-0.15, -0.1) is 0 Å². The average Bonchev–Trinajstić information content (AvgIpc) is 3.00. The van der Waals surface area contributed by atoms with Crippen LogP contribution in [-0.4, -0.2) is 42.1 Å². The van der Waals surface area contributed by atoms with Crippen molar-refractivity contribution >= 4 is 51.9 Å². The van der Waals surface area contributed by atoms with Crippen LogP contribution in [0.5, 0.6) is 11.6 Å². The third-order valence-electron chi connectivity index (χ3n) is 4.52. The number of aromatic nitrogens is 2. The minimum atomic E-state index is -1.22. The molecule has 8 nitrogen and oxygen atoms in total. The first-order chi connectivity index (χ1) is 15.2. The smallest absolute Gasteiger partial charge is 0.323 e.